The van der Waals surface area contributed by atoms with Crippen molar-refractivity contribution in [2.24, 2.45) is 0 Å². The van der Waals surface area contributed by atoms with Crippen LogP contribution in [-0.4, -0.2) is 29.1 Å². The Morgan fingerprint density at radius 3 is 2.39 bits per heavy atom. The van der Waals surface area contributed by atoms with Crippen LogP contribution < -0.4 is 9.64 Å². The van der Waals surface area contributed by atoms with Crippen LogP contribution in [0.3, 0.4) is 0 Å². The van der Waals surface area contributed by atoms with E-state index in [4.69, 9.17) is 20.9 Å². The number of ketones is 1. The largest absolute Gasteiger partial charge is 0.507 e. The van der Waals surface area contributed by atoms with E-state index in [0.29, 0.717) is 28.6 Å². The predicted octanol–water partition coefficient (Wildman–Crippen LogP) is 5.39. The summed E-state index contributed by atoms with van der Waals surface area (Å²) in [6.07, 6.45) is 0. The lowest BCUT2D eigenvalue weighted by molar-refractivity contribution is -0.132. The molecule has 2 heterocycles. The number of carbonyl (C=O) groups excluding carboxylic acids is 2. The van der Waals surface area contributed by atoms with Gasteiger partial charge in [-0.15, -0.1) is 0 Å². The number of aliphatic hydroxyl groups excluding tert-OH is 1. The van der Waals surface area contributed by atoms with Crippen LogP contribution in [-0.2, 0) is 9.59 Å². The molecule has 0 unspecified atom stereocenters. The topological polar surface area (TPSA) is 92.9 Å². The van der Waals surface area contributed by atoms with Crippen molar-refractivity contribution in [3.05, 3.63) is 81.6 Å². The van der Waals surface area contributed by atoms with E-state index in [1.54, 1.807) is 25.1 Å². The molecule has 3 aromatic rings. The highest BCUT2D eigenvalue weighted by Crippen LogP contribution is 2.42. The number of amides is 1. The highest BCUT2D eigenvalue weighted by atomic mass is 35.5. The molecule has 1 fully saturated rings. The maximum Gasteiger partial charge on any atom is 0.301 e. The molecule has 1 atom stereocenters. The number of carbonyl (C=O) groups is 2. The Bertz CT molecular complexity index is 1260. The van der Waals surface area contributed by atoms with Crippen molar-refractivity contribution in [1.29, 1.82) is 0 Å². The molecule has 0 bridgehead atoms. The van der Waals surface area contributed by atoms with Gasteiger partial charge in [0.15, 0.2) is 5.82 Å². The summed E-state index contributed by atoms with van der Waals surface area (Å²) >= 11 is 6.23. The summed E-state index contributed by atoms with van der Waals surface area (Å²) in [5, 5.41) is 15.4. The molecular weight excluding hydrogens is 444 g/mol. The van der Waals surface area contributed by atoms with Gasteiger partial charge in [-0.2, -0.15) is 0 Å². The van der Waals surface area contributed by atoms with Crippen molar-refractivity contribution in [1.82, 2.24) is 5.16 Å². The normalized spacial score (nSPS) is 17.8. The molecule has 0 aliphatic carbocycles. The summed E-state index contributed by atoms with van der Waals surface area (Å²) in [5.41, 5.74) is 1.99. The lowest BCUT2D eigenvalue weighted by Gasteiger charge is -2.23. The van der Waals surface area contributed by atoms with Crippen molar-refractivity contribution in [2.75, 3.05) is 12.0 Å². The molecule has 1 aliphatic heterocycles. The van der Waals surface area contributed by atoms with E-state index >= 15 is 0 Å². The number of ether oxygens (including phenoxy) is 1. The average Bonchev–Trinajstić information content (AvgIpc) is 3.34. The number of aliphatic hydroxyl groups is 1. The van der Waals surface area contributed by atoms with E-state index in [2.05, 4.69) is 19.0 Å². The predicted molar refractivity (Wildman–Crippen MR) is 125 cm³/mol. The Labute approximate surface area is 196 Å². The van der Waals surface area contributed by atoms with E-state index in [1.165, 1.54) is 18.1 Å². The minimum Gasteiger partial charge on any atom is -0.507 e. The van der Waals surface area contributed by atoms with Crippen LogP contribution >= 0.6 is 11.6 Å². The molecule has 7 nitrogen and oxygen atoms in total. The maximum atomic E-state index is 13.2. The molecule has 170 valence electrons. The third kappa shape index (κ3) is 4.00. The minimum atomic E-state index is -0.892. The zero-order valence-electron chi connectivity index (χ0n) is 18.6. The summed E-state index contributed by atoms with van der Waals surface area (Å²) in [5.74, 6) is -0.543. The standard InChI is InChI=1S/C25H23ClN2O5/c1-13(2)15-5-7-16(8-6-15)22-21(23(29)17-9-10-19(32-4)18(26)12-17)24(30)25(31)28(22)20-11-14(3)33-27-20/h5-13,22,29H,1-4H3/b23-21+/t22-/m1/s1. The number of nitrogens with zero attached hydrogens (tertiary/aromatic N) is 2. The monoisotopic (exact) mass is 466 g/mol. The summed E-state index contributed by atoms with van der Waals surface area (Å²) in [6, 6.07) is 12.9. The second-order valence-corrected chi connectivity index (χ2v) is 8.54. The van der Waals surface area contributed by atoms with Crippen LogP contribution in [0.2, 0.25) is 5.02 Å². The molecule has 1 saturated heterocycles. The van der Waals surface area contributed by atoms with Crippen LogP contribution in [0.4, 0.5) is 5.82 Å². The molecule has 33 heavy (non-hydrogen) atoms. The second-order valence-electron chi connectivity index (χ2n) is 8.14. The van der Waals surface area contributed by atoms with Crippen LogP contribution in [0.25, 0.3) is 5.76 Å². The zero-order valence-corrected chi connectivity index (χ0v) is 19.4. The van der Waals surface area contributed by atoms with Crippen LogP contribution in [0.1, 0.15) is 48.3 Å². The van der Waals surface area contributed by atoms with Gasteiger partial charge in [0.1, 0.15) is 17.3 Å². The molecule has 1 aromatic heterocycles. The minimum absolute atomic E-state index is 0.0563. The highest BCUT2D eigenvalue weighted by molar-refractivity contribution is 6.51. The lowest BCUT2D eigenvalue weighted by atomic mass is 9.93. The lowest BCUT2D eigenvalue weighted by Crippen LogP contribution is -2.29. The number of rotatable bonds is 5. The number of aryl methyl sites for hydroxylation is 1. The summed E-state index contributed by atoms with van der Waals surface area (Å²) < 4.78 is 10.3. The summed E-state index contributed by atoms with van der Waals surface area (Å²) in [4.78, 5) is 27.5. The molecule has 0 saturated carbocycles. The summed E-state index contributed by atoms with van der Waals surface area (Å²) in [7, 11) is 1.48. The first-order valence-electron chi connectivity index (χ1n) is 10.4. The van der Waals surface area contributed by atoms with Gasteiger partial charge in [0.2, 0.25) is 0 Å². The average molecular weight is 467 g/mol. The third-order valence-electron chi connectivity index (χ3n) is 5.65. The number of halogens is 1. The fourth-order valence-corrected chi connectivity index (χ4v) is 4.14. The van der Waals surface area contributed by atoms with E-state index in [9.17, 15) is 14.7 Å². The number of methoxy groups -OCH3 is 1. The van der Waals surface area contributed by atoms with Gasteiger partial charge >= 0.3 is 5.91 Å². The van der Waals surface area contributed by atoms with Crippen molar-refractivity contribution in [3.63, 3.8) is 0 Å². The van der Waals surface area contributed by atoms with Crippen molar-refractivity contribution in [2.45, 2.75) is 32.7 Å². The van der Waals surface area contributed by atoms with Crippen LogP contribution in [0.15, 0.2) is 58.6 Å². The molecule has 2 aromatic carbocycles. The number of Topliss-reactive ketones (excluding diaryl/α,β-unsaturated/α-hetero) is 1. The Kier molecular flexibility index (Phi) is 5.99. The molecule has 8 heteroatoms. The van der Waals surface area contributed by atoms with Gasteiger partial charge in [-0.3, -0.25) is 14.5 Å². The van der Waals surface area contributed by atoms with Gasteiger partial charge in [-0.25, -0.2) is 0 Å². The Morgan fingerprint density at radius 1 is 1.15 bits per heavy atom. The van der Waals surface area contributed by atoms with Crippen molar-refractivity contribution >= 4 is 34.9 Å². The molecule has 0 spiro atoms. The van der Waals surface area contributed by atoms with E-state index < -0.39 is 17.7 Å². The third-order valence-corrected chi connectivity index (χ3v) is 5.95. The molecular formula is C25H23ClN2O5. The quantitative estimate of drug-likeness (QED) is 0.307. The first-order chi connectivity index (χ1) is 15.7. The number of anilines is 1. The van der Waals surface area contributed by atoms with Crippen LogP contribution in [0.5, 0.6) is 5.75 Å². The molecule has 1 N–H and O–H groups in total. The zero-order chi connectivity index (χ0) is 23.9. The van der Waals surface area contributed by atoms with E-state index in [-0.39, 0.29) is 22.2 Å². The van der Waals surface area contributed by atoms with Gasteiger partial charge in [0, 0.05) is 11.6 Å². The maximum absolute atomic E-state index is 13.2. The van der Waals surface area contributed by atoms with Gasteiger partial charge < -0.3 is 14.4 Å². The fraction of sp³-hybridized carbons (Fsp3) is 0.240. The molecule has 1 aliphatic rings. The van der Waals surface area contributed by atoms with Gasteiger partial charge in [0.05, 0.1) is 23.7 Å². The van der Waals surface area contributed by atoms with E-state index in [0.717, 1.165) is 5.56 Å². The van der Waals surface area contributed by atoms with E-state index in [1.807, 2.05) is 24.3 Å². The Balaban J connectivity index is 1.91. The van der Waals surface area contributed by atoms with Gasteiger partial charge in [-0.05, 0) is 42.2 Å². The van der Waals surface area contributed by atoms with Gasteiger partial charge in [-0.1, -0.05) is 54.9 Å². The van der Waals surface area contributed by atoms with Crippen molar-refractivity contribution < 1.29 is 24.0 Å². The van der Waals surface area contributed by atoms with Crippen molar-refractivity contribution in [3.8, 4) is 5.75 Å². The van der Waals surface area contributed by atoms with Gasteiger partial charge in [0.25, 0.3) is 5.78 Å². The smallest absolute Gasteiger partial charge is 0.301 e. The highest BCUT2D eigenvalue weighted by Gasteiger charge is 2.48. The first kappa shape index (κ1) is 22.6. The Morgan fingerprint density at radius 2 is 1.85 bits per heavy atom. The number of benzene rings is 2. The number of aromatic nitrogens is 1. The second kappa shape index (κ2) is 8.75. The fourth-order valence-electron chi connectivity index (χ4n) is 3.88. The number of hydrogen-bond donors (Lipinski definition) is 1. The molecule has 0 radical (unpaired) electrons. The molecule has 1 amide bonds. The SMILES string of the molecule is COc1ccc(/C(O)=C2\C(=O)C(=O)N(c3cc(C)on3)[C@@H]2c2ccc(C(C)C)cc2)cc1Cl. The Hall–Kier alpha value is -3.58. The van der Waals surface area contributed by atoms with Crippen LogP contribution in [0, 0.1) is 6.92 Å². The summed E-state index contributed by atoms with van der Waals surface area (Å²) in [6.45, 7) is 5.85. The molecule has 4 rings (SSSR count). The number of hydrogen-bond acceptors (Lipinski definition) is 6. The first-order valence-corrected chi connectivity index (χ1v) is 10.8.